The van der Waals surface area contributed by atoms with Gasteiger partial charge in [0.05, 0.1) is 35.6 Å². The van der Waals surface area contributed by atoms with Crippen molar-refractivity contribution in [2.75, 3.05) is 0 Å². The highest BCUT2D eigenvalue weighted by Crippen LogP contribution is 2.19. The highest BCUT2D eigenvalue weighted by Gasteiger charge is 2.17. The Labute approximate surface area is 175 Å². The quantitative estimate of drug-likeness (QED) is 0.659. The molecule has 2 aromatic carbocycles. The summed E-state index contributed by atoms with van der Waals surface area (Å²) >= 11 is 0. The van der Waals surface area contributed by atoms with Gasteiger partial charge in [0.15, 0.2) is 0 Å². The Balaban J connectivity index is 1.83. The fourth-order valence-corrected chi connectivity index (χ4v) is 3.18. The van der Waals surface area contributed by atoms with Crippen LogP contribution in [-0.2, 0) is 24.3 Å². The number of carbonyl (C=O) groups excluding carboxylic acids is 1. The number of hydrogen-bond acceptors (Lipinski definition) is 4. The van der Waals surface area contributed by atoms with Gasteiger partial charge in [0, 0.05) is 18.7 Å². The van der Waals surface area contributed by atoms with Crippen molar-refractivity contribution < 1.29 is 4.79 Å². The van der Waals surface area contributed by atoms with Gasteiger partial charge in [-0.25, -0.2) is 4.98 Å². The molecule has 1 amide bonds. The molecule has 3 rings (SSSR count). The average molecular weight is 400 g/mol. The van der Waals surface area contributed by atoms with Crippen LogP contribution in [0.15, 0.2) is 65.7 Å². The minimum absolute atomic E-state index is 0.0503. The second kappa shape index (κ2) is 9.66. The number of rotatable bonds is 7. The molecule has 30 heavy (non-hydrogen) atoms. The van der Waals surface area contributed by atoms with Gasteiger partial charge in [0.25, 0.3) is 5.56 Å². The minimum Gasteiger partial charge on any atom is -0.352 e. The predicted octanol–water partition coefficient (Wildman–Crippen LogP) is 3.30. The molecule has 3 aromatic rings. The van der Waals surface area contributed by atoms with Crippen LogP contribution < -0.4 is 10.9 Å². The van der Waals surface area contributed by atoms with Crippen molar-refractivity contribution in [3.63, 3.8) is 0 Å². The van der Waals surface area contributed by atoms with Crippen LogP contribution in [0.2, 0.25) is 0 Å². The molecule has 6 heteroatoms. The summed E-state index contributed by atoms with van der Waals surface area (Å²) < 4.78 is 1.57. The molecule has 0 aliphatic heterocycles. The molecule has 6 nitrogen and oxygen atoms in total. The van der Waals surface area contributed by atoms with Crippen molar-refractivity contribution >= 4 is 5.91 Å². The zero-order valence-electron chi connectivity index (χ0n) is 17.1. The third-order valence-corrected chi connectivity index (χ3v) is 4.65. The normalized spacial score (nSPS) is 10.6. The molecule has 152 valence electrons. The average Bonchev–Trinajstić information content (AvgIpc) is 2.76. The number of aromatic nitrogens is 2. The SMILES string of the molecule is CC(C)Cn1cnc(-c2ccccc2)c(CC(=O)NCc2ccc(C#N)cc2)c1=O. The van der Waals surface area contributed by atoms with E-state index in [4.69, 9.17) is 5.26 Å². The Kier molecular flexibility index (Phi) is 6.76. The standard InChI is InChI=1S/C24H24N4O2/c1-17(2)15-28-16-27-23(20-6-4-3-5-7-20)21(24(28)30)12-22(29)26-14-19-10-8-18(13-25)9-11-19/h3-11,16-17H,12,14-15H2,1-2H3,(H,26,29). The summed E-state index contributed by atoms with van der Waals surface area (Å²) in [5.74, 6) is 0.0304. The lowest BCUT2D eigenvalue weighted by Gasteiger charge is -2.14. The van der Waals surface area contributed by atoms with Crippen LogP contribution in [0.3, 0.4) is 0 Å². The molecule has 0 bridgehead atoms. The van der Waals surface area contributed by atoms with Crippen LogP contribution in [0.1, 0.15) is 30.5 Å². The molecular formula is C24H24N4O2. The van der Waals surface area contributed by atoms with Gasteiger partial charge in [-0.3, -0.25) is 14.2 Å². The molecule has 0 aliphatic carbocycles. The molecule has 0 spiro atoms. The molecule has 1 heterocycles. The van der Waals surface area contributed by atoms with Crippen molar-refractivity contribution in [3.05, 3.63) is 88.0 Å². The number of amides is 1. The fraction of sp³-hybridized carbons (Fsp3) is 0.250. The van der Waals surface area contributed by atoms with Crippen LogP contribution in [0.4, 0.5) is 0 Å². The summed E-state index contributed by atoms with van der Waals surface area (Å²) in [5.41, 5.74) is 3.00. The Hall–Kier alpha value is -3.72. The third-order valence-electron chi connectivity index (χ3n) is 4.65. The van der Waals surface area contributed by atoms with Crippen molar-refractivity contribution in [3.8, 4) is 17.3 Å². The van der Waals surface area contributed by atoms with Crippen LogP contribution >= 0.6 is 0 Å². The Morgan fingerprint density at radius 2 is 1.83 bits per heavy atom. The first-order valence-electron chi connectivity index (χ1n) is 9.87. The van der Waals surface area contributed by atoms with Gasteiger partial charge < -0.3 is 5.32 Å². The van der Waals surface area contributed by atoms with Crippen LogP contribution in [0, 0.1) is 17.2 Å². The summed E-state index contributed by atoms with van der Waals surface area (Å²) in [5, 5.41) is 11.7. The van der Waals surface area contributed by atoms with Gasteiger partial charge in [-0.1, -0.05) is 56.3 Å². The summed E-state index contributed by atoms with van der Waals surface area (Å²) in [4.78, 5) is 30.2. The Morgan fingerprint density at radius 1 is 1.13 bits per heavy atom. The second-order valence-corrected chi connectivity index (χ2v) is 7.55. The van der Waals surface area contributed by atoms with Crippen molar-refractivity contribution in [2.45, 2.75) is 33.4 Å². The summed E-state index contributed by atoms with van der Waals surface area (Å²) in [7, 11) is 0. The van der Waals surface area contributed by atoms with Crippen molar-refractivity contribution in [1.29, 1.82) is 5.26 Å². The largest absolute Gasteiger partial charge is 0.352 e. The molecule has 0 saturated heterocycles. The third kappa shape index (κ3) is 5.21. The van der Waals surface area contributed by atoms with E-state index >= 15 is 0 Å². The fourth-order valence-electron chi connectivity index (χ4n) is 3.18. The highest BCUT2D eigenvalue weighted by molar-refractivity contribution is 5.81. The summed E-state index contributed by atoms with van der Waals surface area (Å²) in [6, 6.07) is 18.5. The van der Waals surface area contributed by atoms with E-state index in [2.05, 4.69) is 16.4 Å². The van der Waals surface area contributed by atoms with E-state index in [9.17, 15) is 9.59 Å². The molecule has 1 aromatic heterocycles. The van der Waals surface area contributed by atoms with E-state index < -0.39 is 0 Å². The topological polar surface area (TPSA) is 87.8 Å². The van der Waals surface area contributed by atoms with Gasteiger partial charge in [0.1, 0.15) is 0 Å². The Bertz CT molecular complexity index is 1110. The van der Waals surface area contributed by atoms with Crippen LogP contribution in [0.5, 0.6) is 0 Å². The summed E-state index contributed by atoms with van der Waals surface area (Å²) in [6.45, 7) is 4.93. The molecule has 0 radical (unpaired) electrons. The molecule has 0 atom stereocenters. The van der Waals surface area contributed by atoms with E-state index in [0.717, 1.165) is 11.1 Å². The molecule has 0 fully saturated rings. The number of hydrogen-bond donors (Lipinski definition) is 1. The zero-order chi connectivity index (χ0) is 21.5. The number of benzene rings is 2. The van der Waals surface area contributed by atoms with Gasteiger partial charge in [-0.15, -0.1) is 0 Å². The van der Waals surface area contributed by atoms with Crippen molar-refractivity contribution in [1.82, 2.24) is 14.9 Å². The predicted molar refractivity (Wildman–Crippen MR) is 115 cm³/mol. The molecule has 1 N–H and O–H groups in total. The lowest BCUT2D eigenvalue weighted by atomic mass is 10.0. The first-order valence-corrected chi connectivity index (χ1v) is 9.87. The number of nitrogens with one attached hydrogen (secondary N) is 1. The first-order chi connectivity index (χ1) is 14.5. The minimum atomic E-state index is -0.252. The van der Waals surface area contributed by atoms with E-state index in [0.29, 0.717) is 29.9 Å². The highest BCUT2D eigenvalue weighted by atomic mass is 16.2. The number of nitriles is 1. The summed E-state index contributed by atoms with van der Waals surface area (Å²) in [6.07, 6.45) is 1.51. The van der Waals surface area contributed by atoms with E-state index in [1.54, 1.807) is 35.2 Å². The van der Waals surface area contributed by atoms with Crippen LogP contribution in [0.25, 0.3) is 11.3 Å². The van der Waals surface area contributed by atoms with Crippen molar-refractivity contribution in [2.24, 2.45) is 5.92 Å². The van der Waals surface area contributed by atoms with Gasteiger partial charge >= 0.3 is 0 Å². The molecular weight excluding hydrogens is 376 g/mol. The van der Waals surface area contributed by atoms with Gasteiger partial charge in [-0.2, -0.15) is 5.26 Å². The van der Waals surface area contributed by atoms with Gasteiger partial charge in [0.2, 0.25) is 5.91 Å². The molecule has 0 saturated carbocycles. The lowest BCUT2D eigenvalue weighted by molar-refractivity contribution is -0.120. The maximum absolute atomic E-state index is 13.1. The van der Waals surface area contributed by atoms with E-state index in [-0.39, 0.29) is 23.8 Å². The van der Waals surface area contributed by atoms with E-state index in [1.165, 1.54) is 0 Å². The number of nitrogens with zero attached hydrogens (tertiary/aromatic N) is 3. The monoisotopic (exact) mass is 400 g/mol. The zero-order valence-corrected chi connectivity index (χ0v) is 17.1. The second-order valence-electron chi connectivity index (χ2n) is 7.55. The number of carbonyl (C=O) groups is 1. The van der Waals surface area contributed by atoms with Crippen LogP contribution in [-0.4, -0.2) is 15.5 Å². The Morgan fingerprint density at radius 3 is 2.47 bits per heavy atom. The smallest absolute Gasteiger partial charge is 0.257 e. The maximum atomic E-state index is 13.1. The molecule has 0 unspecified atom stereocenters. The van der Waals surface area contributed by atoms with E-state index in [1.807, 2.05) is 44.2 Å². The van der Waals surface area contributed by atoms with Gasteiger partial charge in [-0.05, 0) is 23.6 Å². The first kappa shape index (κ1) is 21.0. The lowest BCUT2D eigenvalue weighted by Crippen LogP contribution is -2.32. The maximum Gasteiger partial charge on any atom is 0.257 e. The molecule has 0 aliphatic rings.